The molecule has 2 heterocycles. The standard InChI is InChI=1S/C15H16N2O3/c1-17-10-11(9-16-17)8-15(14(18)19)6-7-20-13-5-3-2-4-12(13)15/h2-5,9-10H,6-8H2,1H3,(H,18,19). The van der Waals surface area contributed by atoms with Gasteiger partial charge in [0.1, 0.15) is 11.2 Å². The number of hydrogen-bond acceptors (Lipinski definition) is 3. The van der Waals surface area contributed by atoms with Gasteiger partial charge in [0.25, 0.3) is 0 Å². The number of fused-ring (bicyclic) bond motifs is 1. The third kappa shape index (κ3) is 1.95. The van der Waals surface area contributed by atoms with Crippen molar-refractivity contribution in [1.29, 1.82) is 0 Å². The van der Waals surface area contributed by atoms with Gasteiger partial charge in [-0.1, -0.05) is 18.2 Å². The van der Waals surface area contributed by atoms with Gasteiger partial charge in [-0.25, -0.2) is 0 Å². The minimum Gasteiger partial charge on any atom is -0.493 e. The first-order chi connectivity index (χ1) is 9.62. The van der Waals surface area contributed by atoms with Crippen molar-refractivity contribution < 1.29 is 14.6 Å². The first-order valence-electron chi connectivity index (χ1n) is 6.55. The molecule has 5 heteroatoms. The maximum atomic E-state index is 12.0. The summed E-state index contributed by atoms with van der Waals surface area (Å²) in [6.07, 6.45) is 4.48. The van der Waals surface area contributed by atoms with E-state index in [0.717, 1.165) is 11.1 Å². The van der Waals surface area contributed by atoms with Crippen LogP contribution in [0.4, 0.5) is 0 Å². The van der Waals surface area contributed by atoms with Crippen LogP contribution in [-0.4, -0.2) is 27.5 Å². The highest BCUT2D eigenvalue weighted by atomic mass is 16.5. The van der Waals surface area contributed by atoms with Gasteiger partial charge in [-0.3, -0.25) is 9.48 Å². The smallest absolute Gasteiger partial charge is 0.314 e. The van der Waals surface area contributed by atoms with E-state index in [1.54, 1.807) is 10.9 Å². The van der Waals surface area contributed by atoms with Gasteiger partial charge in [0.05, 0.1) is 12.8 Å². The number of carboxylic acid groups (broad SMARTS) is 1. The molecule has 0 saturated heterocycles. The fourth-order valence-electron chi connectivity index (χ4n) is 2.85. The number of aryl methyl sites for hydroxylation is 1. The van der Waals surface area contributed by atoms with Crippen molar-refractivity contribution in [1.82, 2.24) is 9.78 Å². The summed E-state index contributed by atoms with van der Waals surface area (Å²) in [5, 5.41) is 13.9. The number of benzene rings is 1. The molecule has 1 aliphatic rings. The van der Waals surface area contributed by atoms with E-state index in [4.69, 9.17) is 4.74 Å². The Morgan fingerprint density at radius 2 is 2.30 bits per heavy atom. The maximum absolute atomic E-state index is 12.0. The van der Waals surface area contributed by atoms with E-state index in [1.807, 2.05) is 37.5 Å². The van der Waals surface area contributed by atoms with Gasteiger partial charge < -0.3 is 9.84 Å². The Morgan fingerprint density at radius 1 is 1.50 bits per heavy atom. The van der Waals surface area contributed by atoms with Crippen molar-refractivity contribution in [3.8, 4) is 5.75 Å². The zero-order valence-corrected chi connectivity index (χ0v) is 11.2. The van der Waals surface area contributed by atoms with E-state index in [9.17, 15) is 9.90 Å². The summed E-state index contributed by atoms with van der Waals surface area (Å²) in [6, 6.07) is 7.39. The summed E-state index contributed by atoms with van der Waals surface area (Å²) in [6.45, 7) is 0.420. The molecular formula is C15H16N2O3. The number of carboxylic acids is 1. The quantitative estimate of drug-likeness (QED) is 0.924. The zero-order valence-electron chi connectivity index (χ0n) is 11.2. The molecule has 1 unspecified atom stereocenters. The van der Waals surface area contributed by atoms with Crippen molar-refractivity contribution in [3.63, 3.8) is 0 Å². The Balaban J connectivity index is 2.07. The number of para-hydroxylation sites is 1. The Hall–Kier alpha value is -2.30. The van der Waals surface area contributed by atoms with E-state index in [-0.39, 0.29) is 0 Å². The van der Waals surface area contributed by atoms with E-state index in [2.05, 4.69) is 5.10 Å². The fraction of sp³-hybridized carbons (Fsp3) is 0.333. The van der Waals surface area contributed by atoms with Crippen LogP contribution >= 0.6 is 0 Å². The third-order valence-electron chi connectivity index (χ3n) is 3.86. The second-order valence-corrected chi connectivity index (χ2v) is 5.18. The molecule has 20 heavy (non-hydrogen) atoms. The van der Waals surface area contributed by atoms with Gasteiger partial charge in [0.2, 0.25) is 0 Å². The zero-order chi connectivity index (χ0) is 14.2. The predicted octanol–water partition coefficient (Wildman–Crippen LogP) is 1.77. The average molecular weight is 272 g/mol. The van der Waals surface area contributed by atoms with Crippen molar-refractivity contribution in [2.45, 2.75) is 18.3 Å². The fourth-order valence-corrected chi connectivity index (χ4v) is 2.85. The summed E-state index contributed by atoms with van der Waals surface area (Å²) in [4.78, 5) is 12.0. The number of nitrogens with zero attached hydrogens (tertiary/aromatic N) is 2. The number of aromatic nitrogens is 2. The Labute approximate surface area is 116 Å². The Morgan fingerprint density at radius 3 is 3.00 bits per heavy atom. The van der Waals surface area contributed by atoms with Gasteiger partial charge in [0, 0.05) is 25.2 Å². The lowest BCUT2D eigenvalue weighted by molar-refractivity contribution is -0.145. The number of aliphatic carboxylic acids is 1. The van der Waals surface area contributed by atoms with Crippen LogP contribution in [0, 0.1) is 0 Å². The minimum absolute atomic E-state index is 0.420. The molecule has 1 aromatic carbocycles. The van der Waals surface area contributed by atoms with Gasteiger partial charge in [-0.05, 0) is 18.1 Å². The summed E-state index contributed by atoms with van der Waals surface area (Å²) in [5.74, 6) is -0.137. The maximum Gasteiger partial charge on any atom is 0.314 e. The molecule has 0 amide bonds. The molecule has 0 bridgehead atoms. The first-order valence-corrected chi connectivity index (χ1v) is 6.55. The summed E-state index contributed by atoms with van der Waals surface area (Å²) < 4.78 is 7.28. The molecule has 1 atom stereocenters. The van der Waals surface area contributed by atoms with Crippen LogP contribution in [0.2, 0.25) is 0 Å². The minimum atomic E-state index is -0.933. The van der Waals surface area contributed by atoms with E-state index in [0.29, 0.717) is 25.2 Å². The van der Waals surface area contributed by atoms with Gasteiger partial charge in [0.15, 0.2) is 0 Å². The molecule has 5 nitrogen and oxygen atoms in total. The molecule has 0 aliphatic carbocycles. The third-order valence-corrected chi connectivity index (χ3v) is 3.86. The van der Waals surface area contributed by atoms with E-state index < -0.39 is 11.4 Å². The molecule has 104 valence electrons. The van der Waals surface area contributed by atoms with Gasteiger partial charge in [-0.2, -0.15) is 5.10 Å². The van der Waals surface area contributed by atoms with Crippen molar-refractivity contribution in [3.05, 3.63) is 47.8 Å². The first kappa shape index (κ1) is 12.7. The summed E-state index contributed by atoms with van der Waals surface area (Å²) in [7, 11) is 1.83. The lowest BCUT2D eigenvalue weighted by Crippen LogP contribution is -2.42. The van der Waals surface area contributed by atoms with E-state index >= 15 is 0 Å². The molecule has 0 radical (unpaired) electrons. The molecule has 2 aromatic rings. The Kier molecular flexibility index (Phi) is 2.97. The summed E-state index contributed by atoms with van der Waals surface area (Å²) in [5.41, 5.74) is 0.743. The van der Waals surface area contributed by atoms with Crippen molar-refractivity contribution >= 4 is 5.97 Å². The molecule has 1 N–H and O–H groups in total. The monoisotopic (exact) mass is 272 g/mol. The second-order valence-electron chi connectivity index (χ2n) is 5.18. The van der Waals surface area contributed by atoms with Crippen LogP contribution in [-0.2, 0) is 23.7 Å². The molecule has 3 rings (SSSR count). The number of ether oxygens (including phenoxy) is 1. The summed E-state index contributed by atoms with van der Waals surface area (Å²) >= 11 is 0. The van der Waals surface area contributed by atoms with Crippen LogP contribution in [0.1, 0.15) is 17.5 Å². The lowest BCUT2D eigenvalue weighted by atomic mass is 9.72. The van der Waals surface area contributed by atoms with Crippen LogP contribution in [0.15, 0.2) is 36.7 Å². The molecule has 0 fully saturated rings. The molecule has 0 saturated carbocycles. The van der Waals surface area contributed by atoms with E-state index in [1.165, 1.54) is 0 Å². The van der Waals surface area contributed by atoms with Crippen molar-refractivity contribution in [2.24, 2.45) is 7.05 Å². The van der Waals surface area contributed by atoms with Crippen LogP contribution in [0.5, 0.6) is 5.75 Å². The van der Waals surface area contributed by atoms with Gasteiger partial charge in [-0.15, -0.1) is 0 Å². The van der Waals surface area contributed by atoms with Crippen LogP contribution in [0.25, 0.3) is 0 Å². The van der Waals surface area contributed by atoms with Crippen LogP contribution < -0.4 is 4.74 Å². The number of rotatable bonds is 3. The highest BCUT2D eigenvalue weighted by Gasteiger charge is 2.44. The lowest BCUT2D eigenvalue weighted by Gasteiger charge is -2.35. The number of carbonyl (C=O) groups is 1. The second kappa shape index (κ2) is 4.67. The van der Waals surface area contributed by atoms with Gasteiger partial charge >= 0.3 is 5.97 Å². The molecule has 0 spiro atoms. The molecular weight excluding hydrogens is 256 g/mol. The topological polar surface area (TPSA) is 64.4 Å². The number of hydrogen-bond donors (Lipinski definition) is 1. The largest absolute Gasteiger partial charge is 0.493 e. The highest BCUT2D eigenvalue weighted by Crippen LogP contribution is 2.41. The SMILES string of the molecule is Cn1cc(CC2(C(=O)O)CCOc3ccccc32)cn1. The predicted molar refractivity (Wildman–Crippen MR) is 72.8 cm³/mol. The molecule has 1 aliphatic heterocycles. The Bertz CT molecular complexity index is 650. The normalized spacial score (nSPS) is 21.1. The highest BCUT2D eigenvalue weighted by molar-refractivity contribution is 5.83. The van der Waals surface area contributed by atoms with Crippen molar-refractivity contribution in [2.75, 3.05) is 6.61 Å². The van der Waals surface area contributed by atoms with Crippen LogP contribution in [0.3, 0.4) is 0 Å². The molecule has 1 aromatic heterocycles. The average Bonchev–Trinajstić information content (AvgIpc) is 2.84.